The number of hydrogen-bond donors (Lipinski definition) is 4. The first-order valence-corrected chi connectivity index (χ1v) is 6.01. The molecule has 7 heteroatoms. The van der Waals surface area contributed by atoms with Crippen LogP contribution in [0.2, 0.25) is 0 Å². The van der Waals surface area contributed by atoms with Gasteiger partial charge in [0.05, 0.1) is 23.1 Å². The average Bonchev–Trinajstić information content (AvgIpc) is 2.40. The number of carboxylic acid groups (broad SMARTS) is 1. The zero-order valence-corrected chi connectivity index (χ0v) is 11.1. The third-order valence-corrected chi connectivity index (χ3v) is 2.63. The van der Waals surface area contributed by atoms with E-state index in [1.54, 1.807) is 12.3 Å². The Balaban J connectivity index is 2.08. The predicted molar refractivity (Wildman–Crippen MR) is 76.7 cm³/mol. The third kappa shape index (κ3) is 3.69. The van der Waals surface area contributed by atoms with Crippen molar-refractivity contribution in [2.24, 2.45) is 0 Å². The minimum atomic E-state index is -1.16. The van der Waals surface area contributed by atoms with E-state index in [4.69, 9.17) is 5.11 Å². The molecule has 0 radical (unpaired) electrons. The van der Waals surface area contributed by atoms with Gasteiger partial charge in [-0.25, -0.2) is 9.59 Å². The predicted octanol–water partition coefficient (Wildman–Crippen LogP) is 2.44. The Kier molecular flexibility index (Phi) is 4.03. The molecule has 0 unspecified atom stereocenters. The lowest BCUT2D eigenvalue weighted by Crippen LogP contribution is -2.19. The number of aromatic carboxylic acids is 1. The Labute approximate surface area is 120 Å². The molecule has 1 heterocycles. The summed E-state index contributed by atoms with van der Waals surface area (Å²) in [5.41, 5.74) is 1.44. The second-order valence-corrected chi connectivity index (χ2v) is 4.37. The Morgan fingerprint density at radius 3 is 2.52 bits per heavy atom. The van der Waals surface area contributed by atoms with Gasteiger partial charge in [-0.15, -0.1) is 0 Å². The summed E-state index contributed by atoms with van der Waals surface area (Å²) in [6.07, 6.45) is 3.14. The lowest BCUT2D eigenvalue weighted by Gasteiger charge is -2.09. The van der Waals surface area contributed by atoms with Gasteiger partial charge >= 0.3 is 12.0 Å². The van der Waals surface area contributed by atoms with Gasteiger partial charge < -0.3 is 20.8 Å². The van der Waals surface area contributed by atoms with Crippen LogP contribution in [0.15, 0.2) is 36.7 Å². The Morgan fingerprint density at radius 1 is 1.14 bits per heavy atom. The van der Waals surface area contributed by atoms with Crippen molar-refractivity contribution < 1.29 is 19.8 Å². The molecule has 0 fully saturated rings. The number of anilines is 2. The van der Waals surface area contributed by atoms with Crippen LogP contribution in [0.25, 0.3) is 0 Å². The molecule has 0 saturated heterocycles. The van der Waals surface area contributed by atoms with Crippen LogP contribution in [0.1, 0.15) is 15.9 Å². The monoisotopic (exact) mass is 287 g/mol. The molecule has 4 N–H and O–H groups in total. The molecule has 2 rings (SSSR count). The van der Waals surface area contributed by atoms with E-state index in [1.807, 2.05) is 6.92 Å². The van der Waals surface area contributed by atoms with Gasteiger partial charge in [-0.1, -0.05) is 0 Å². The number of pyridine rings is 1. The number of nitrogens with zero attached hydrogens (tertiary/aromatic N) is 1. The van der Waals surface area contributed by atoms with E-state index in [0.29, 0.717) is 5.69 Å². The molecular weight excluding hydrogens is 274 g/mol. The van der Waals surface area contributed by atoms with Crippen LogP contribution in [0.5, 0.6) is 5.75 Å². The fourth-order valence-corrected chi connectivity index (χ4v) is 1.68. The maximum atomic E-state index is 11.8. The molecule has 2 amide bonds. The average molecular weight is 287 g/mol. The van der Waals surface area contributed by atoms with Crippen LogP contribution in [0, 0.1) is 6.92 Å². The van der Waals surface area contributed by atoms with Crippen LogP contribution in [-0.4, -0.2) is 27.2 Å². The highest BCUT2D eigenvalue weighted by Crippen LogP contribution is 2.24. The van der Waals surface area contributed by atoms with E-state index in [1.165, 1.54) is 18.3 Å². The smallest absolute Gasteiger partial charge is 0.335 e. The summed E-state index contributed by atoms with van der Waals surface area (Å²) in [5, 5.41) is 23.4. The number of nitrogens with one attached hydrogen (secondary N) is 2. The van der Waals surface area contributed by atoms with Gasteiger partial charge in [-0.3, -0.25) is 4.98 Å². The van der Waals surface area contributed by atoms with Crippen molar-refractivity contribution in [1.82, 2.24) is 4.98 Å². The highest BCUT2D eigenvalue weighted by atomic mass is 16.4. The van der Waals surface area contributed by atoms with Gasteiger partial charge in [0.1, 0.15) is 5.75 Å². The van der Waals surface area contributed by atoms with E-state index in [9.17, 15) is 14.7 Å². The SMILES string of the molecule is Cc1cncc(NC(=O)Nc2ccc(C(=O)O)cc2O)c1. The molecule has 0 bridgehead atoms. The van der Waals surface area contributed by atoms with Crippen molar-refractivity contribution >= 4 is 23.4 Å². The Morgan fingerprint density at radius 2 is 1.90 bits per heavy atom. The summed E-state index contributed by atoms with van der Waals surface area (Å²) < 4.78 is 0. The van der Waals surface area contributed by atoms with E-state index in [-0.39, 0.29) is 17.0 Å². The summed E-state index contributed by atoms with van der Waals surface area (Å²) in [7, 11) is 0. The normalized spacial score (nSPS) is 9.95. The number of urea groups is 1. The molecular formula is C14H13N3O4. The van der Waals surface area contributed by atoms with Gasteiger partial charge in [0.2, 0.25) is 0 Å². The van der Waals surface area contributed by atoms with E-state index < -0.39 is 12.0 Å². The minimum Gasteiger partial charge on any atom is -0.506 e. The maximum absolute atomic E-state index is 11.8. The first kappa shape index (κ1) is 14.3. The zero-order chi connectivity index (χ0) is 15.4. The number of aromatic nitrogens is 1. The number of aryl methyl sites for hydroxylation is 1. The van der Waals surface area contributed by atoms with E-state index in [0.717, 1.165) is 11.6 Å². The second-order valence-electron chi connectivity index (χ2n) is 4.37. The molecule has 108 valence electrons. The number of carbonyl (C=O) groups is 2. The van der Waals surface area contributed by atoms with Crippen molar-refractivity contribution in [2.45, 2.75) is 6.92 Å². The number of aromatic hydroxyl groups is 1. The van der Waals surface area contributed by atoms with Gasteiger partial charge in [0.25, 0.3) is 0 Å². The molecule has 7 nitrogen and oxygen atoms in total. The number of carbonyl (C=O) groups excluding carboxylic acids is 1. The molecule has 0 spiro atoms. The molecule has 21 heavy (non-hydrogen) atoms. The quantitative estimate of drug-likeness (QED) is 0.648. The first-order valence-electron chi connectivity index (χ1n) is 6.01. The van der Waals surface area contributed by atoms with Crippen LogP contribution in [-0.2, 0) is 0 Å². The highest BCUT2D eigenvalue weighted by Gasteiger charge is 2.10. The van der Waals surface area contributed by atoms with Crippen LogP contribution in [0.3, 0.4) is 0 Å². The summed E-state index contributed by atoms with van der Waals surface area (Å²) in [5.74, 6) is -1.49. The number of phenolic OH excluding ortho intramolecular Hbond substituents is 1. The lowest BCUT2D eigenvalue weighted by molar-refractivity contribution is 0.0696. The van der Waals surface area contributed by atoms with Gasteiger partial charge in [0.15, 0.2) is 0 Å². The molecule has 0 saturated carbocycles. The minimum absolute atomic E-state index is 0.0682. The lowest BCUT2D eigenvalue weighted by atomic mass is 10.2. The molecule has 2 aromatic rings. The number of carboxylic acids is 1. The number of rotatable bonds is 3. The topological polar surface area (TPSA) is 112 Å². The highest BCUT2D eigenvalue weighted by molar-refractivity contribution is 6.01. The zero-order valence-electron chi connectivity index (χ0n) is 11.1. The van der Waals surface area contributed by atoms with Gasteiger partial charge in [-0.05, 0) is 36.8 Å². The molecule has 0 aliphatic rings. The first-order chi connectivity index (χ1) is 9.95. The number of amides is 2. The largest absolute Gasteiger partial charge is 0.506 e. The van der Waals surface area contributed by atoms with Crippen LogP contribution in [0.4, 0.5) is 16.2 Å². The van der Waals surface area contributed by atoms with E-state index in [2.05, 4.69) is 15.6 Å². The summed E-state index contributed by atoms with van der Waals surface area (Å²) >= 11 is 0. The molecule has 0 aliphatic heterocycles. The Bertz CT molecular complexity index is 700. The second kappa shape index (κ2) is 5.91. The molecule has 0 aliphatic carbocycles. The number of hydrogen-bond acceptors (Lipinski definition) is 4. The fraction of sp³-hybridized carbons (Fsp3) is 0.0714. The standard InChI is InChI=1S/C14H13N3O4/c1-8-4-10(7-15-6-8)16-14(21)17-11-3-2-9(13(19)20)5-12(11)18/h2-7,18H,1H3,(H,19,20)(H2,16,17,21). The molecule has 1 aromatic heterocycles. The van der Waals surface area contributed by atoms with E-state index >= 15 is 0 Å². The fourth-order valence-electron chi connectivity index (χ4n) is 1.68. The van der Waals surface area contributed by atoms with Crippen molar-refractivity contribution in [3.63, 3.8) is 0 Å². The van der Waals surface area contributed by atoms with Crippen LogP contribution < -0.4 is 10.6 Å². The Hall–Kier alpha value is -3.09. The summed E-state index contributed by atoms with van der Waals surface area (Å²) in [6.45, 7) is 1.84. The van der Waals surface area contributed by atoms with Crippen LogP contribution >= 0.6 is 0 Å². The van der Waals surface area contributed by atoms with Crippen molar-refractivity contribution in [3.05, 3.63) is 47.8 Å². The van der Waals surface area contributed by atoms with Crippen molar-refractivity contribution in [2.75, 3.05) is 10.6 Å². The summed E-state index contributed by atoms with van der Waals surface area (Å²) in [6, 6.07) is 4.83. The van der Waals surface area contributed by atoms with Crippen molar-refractivity contribution in [3.8, 4) is 5.75 Å². The van der Waals surface area contributed by atoms with Gasteiger partial charge in [0, 0.05) is 6.20 Å². The third-order valence-electron chi connectivity index (χ3n) is 2.63. The maximum Gasteiger partial charge on any atom is 0.335 e. The number of benzene rings is 1. The van der Waals surface area contributed by atoms with Crippen molar-refractivity contribution in [1.29, 1.82) is 0 Å². The number of phenols is 1. The molecule has 0 atom stereocenters. The van der Waals surface area contributed by atoms with Gasteiger partial charge in [-0.2, -0.15) is 0 Å². The molecule has 1 aromatic carbocycles. The summed E-state index contributed by atoms with van der Waals surface area (Å²) in [4.78, 5) is 26.5.